The third-order valence-corrected chi connectivity index (χ3v) is 2.86. The number of aromatic hydroxyl groups is 1. The second-order valence-corrected chi connectivity index (χ2v) is 4.62. The van der Waals surface area contributed by atoms with E-state index in [1.807, 2.05) is 39.0 Å². The van der Waals surface area contributed by atoms with Crippen LogP contribution in [-0.2, 0) is 13.1 Å². The number of nitrogens with one attached hydrogen (secondary N) is 1. The number of hydrogen-bond donors (Lipinski definition) is 2. The van der Waals surface area contributed by atoms with E-state index < -0.39 is 0 Å². The zero-order valence-corrected chi connectivity index (χ0v) is 10.9. The molecule has 0 aliphatic carbocycles. The van der Waals surface area contributed by atoms with Gasteiger partial charge in [-0.25, -0.2) is 0 Å². The summed E-state index contributed by atoms with van der Waals surface area (Å²) in [5.74, 6) is 1.21. The summed E-state index contributed by atoms with van der Waals surface area (Å²) in [5, 5.41) is 16.8. The zero-order valence-electron chi connectivity index (χ0n) is 10.9. The van der Waals surface area contributed by atoms with Crippen molar-refractivity contribution in [1.82, 2.24) is 10.5 Å². The highest BCUT2D eigenvalue weighted by Crippen LogP contribution is 2.22. The summed E-state index contributed by atoms with van der Waals surface area (Å²) in [6.07, 6.45) is 0. The molecule has 4 nitrogen and oxygen atoms in total. The summed E-state index contributed by atoms with van der Waals surface area (Å²) in [6.45, 7) is 7.11. The van der Waals surface area contributed by atoms with Gasteiger partial charge in [-0.1, -0.05) is 17.3 Å². The standard InChI is InChI=1S/C14H18N2O2/c1-9-4-12(5-10(2)14(9)17)7-15-8-13-6-11(3)16-18-13/h4-6,15,17H,7-8H2,1-3H3. The van der Waals surface area contributed by atoms with Gasteiger partial charge in [0.05, 0.1) is 12.2 Å². The molecule has 2 N–H and O–H groups in total. The second-order valence-electron chi connectivity index (χ2n) is 4.62. The molecular weight excluding hydrogens is 228 g/mol. The zero-order chi connectivity index (χ0) is 13.1. The van der Waals surface area contributed by atoms with Crippen LogP contribution in [0.5, 0.6) is 5.75 Å². The van der Waals surface area contributed by atoms with Crippen molar-refractivity contribution in [2.24, 2.45) is 0 Å². The van der Waals surface area contributed by atoms with Gasteiger partial charge >= 0.3 is 0 Å². The Kier molecular flexibility index (Phi) is 3.67. The van der Waals surface area contributed by atoms with Crippen LogP contribution in [0.25, 0.3) is 0 Å². The van der Waals surface area contributed by atoms with Crippen molar-refractivity contribution >= 4 is 0 Å². The first-order valence-electron chi connectivity index (χ1n) is 5.98. The molecule has 0 bridgehead atoms. The van der Waals surface area contributed by atoms with Gasteiger partial charge < -0.3 is 14.9 Å². The van der Waals surface area contributed by atoms with Gasteiger partial charge in [-0.3, -0.25) is 0 Å². The average Bonchev–Trinajstić information content (AvgIpc) is 2.72. The van der Waals surface area contributed by atoms with Crippen LogP contribution in [0.15, 0.2) is 22.7 Å². The topological polar surface area (TPSA) is 58.3 Å². The van der Waals surface area contributed by atoms with Gasteiger partial charge in [0.1, 0.15) is 5.75 Å². The molecule has 18 heavy (non-hydrogen) atoms. The molecule has 0 fully saturated rings. The average molecular weight is 246 g/mol. The molecule has 0 aliphatic rings. The minimum absolute atomic E-state index is 0.379. The Labute approximate surface area is 107 Å². The van der Waals surface area contributed by atoms with Crippen LogP contribution < -0.4 is 5.32 Å². The molecular formula is C14H18N2O2. The van der Waals surface area contributed by atoms with Gasteiger partial charge in [-0.2, -0.15) is 0 Å². The highest BCUT2D eigenvalue weighted by atomic mass is 16.5. The lowest BCUT2D eigenvalue weighted by Crippen LogP contribution is -2.12. The highest BCUT2D eigenvalue weighted by Gasteiger charge is 2.04. The van der Waals surface area contributed by atoms with Gasteiger partial charge in [-0.05, 0) is 37.5 Å². The van der Waals surface area contributed by atoms with Crippen molar-refractivity contribution < 1.29 is 9.63 Å². The van der Waals surface area contributed by atoms with E-state index in [9.17, 15) is 5.11 Å². The number of phenols is 1. The molecule has 0 atom stereocenters. The van der Waals surface area contributed by atoms with Gasteiger partial charge in [0.15, 0.2) is 5.76 Å². The van der Waals surface area contributed by atoms with E-state index in [1.54, 1.807) is 0 Å². The Morgan fingerprint density at radius 1 is 1.11 bits per heavy atom. The third-order valence-electron chi connectivity index (χ3n) is 2.86. The van der Waals surface area contributed by atoms with E-state index in [0.29, 0.717) is 12.3 Å². The molecule has 0 saturated heterocycles. The maximum atomic E-state index is 9.69. The fourth-order valence-corrected chi connectivity index (χ4v) is 1.98. The van der Waals surface area contributed by atoms with E-state index in [0.717, 1.165) is 34.7 Å². The molecule has 1 aromatic heterocycles. The number of aryl methyl sites for hydroxylation is 3. The van der Waals surface area contributed by atoms with E-state index in [1.165, 1.54) is 0 Å². The van der Waals surface area contributed by atoms with Crippen LogP contribution in [0.1, 0.15) is 28.1 Å². The highest BCUT2D eigenvalue weighted by molar-refractivity contribution is 5.42. The SMILES string of the molecule is Cc1cc(CNCc2cc(C)c(O)c(C)c2)on1. The fraction of sp³-hybridized carbons (Fsp3) is 0.357. The summed E-state index contributed by atoms with van der Waals surface area (Å²) in [5.41, 5.74) is 3.85. The predicted octanol–water partition coefficient (Wildman–Crippen LogP) is 2.60. The van der Waals surface area contributed by atoms with Crippen molar-refractivity contribution in [3.63, 3.8) is 0 Å². The maximum absolute atomic E-state index is 9.69. The van der Waals surface area contributed by atoms with Crippen LogP contribution >= 0.6 is 0 Å². The lowest BCUT2D eigenvalue weighted by molar-refractivity contribution is 0.369. The lowest BCUT2D eigenvalue weighted by Gasteiger charge is -2.08. The molecule has 2 rings (SSSR count). The largest absolute Gasteiger partial charge is 0.507 e. The normalized spacial score (nSPS) is 10.8. The molecule has 0 radical (unpaired) electrons. The molecule has 0 spiro atoms. The molecule has 1 aromatic carbocycles. The van der Waals surface area contributed by atoms with Crippen molar-refractivity contribution in [3.05, 3.63) is 46.3 Å². The van der Waals surface area contributed by atoms with Crippen molar-refractivity contribution in [2.45, 2.75) is 33.9 Å². The molecule has 2 aromatic rings. The quantitative estimate of drug-likeness (QED) is 0.870. The van der Waals surface area contributed by atoms with Crippen molar-refractivity contribution in [3.8, 4) is 5.75 Å². The smallest absolute Gasteiger partial charge is 0.150 e. The number of benzene rings is 1. The number of phenolic OH excluding ortho intramolecular Hbond substituents is 1. The number of aromatic nitrogens is 1. The van der Waals surface area contributed by atoms with Gasteiger partial charge in [-0.15, -0.1) is 0 Å². The van der Waals surface area contributed by atoms with Crippen LogP contribution in [0.2, 0.25) is 0 Å². The first-order chi connectivity index (χ1) is 8.56. The monoisotopic (exact) mass is 246 g/mol. The van der Waals surface area contributed by atoms with Crippen LogP contribution in [-0.4, -0.2) is 10.3 Å². The van der Waals surface area contributed by atoms with Crippen LogP contribution in [0, 0.1) is 20.8 Å². The van der Waals surface area contributed by atoms with Crippen LogP contribution in [0.4, 0.5) is 0 Å². The molecule has 1 heterocycles. The van der Waals surface area contributed by atoms with Gasteiger partial charge in [0, 0.05) is 12.6 Å². The second kappa shape index (κ2) is 5.23. The summed E-state index contributed by atoms with van der Waals surface area (Å²) >= 11 is 0. The molecule has 96 valence electrons. The van der Waals surface area contributed by atoms with Crippen molar-refractivity contribution in [2.75, 3.05) is 0 Å². The van der Waals surface area contributed by atoms with E-state index in [-0.39, 0.29) is 0 Å². The summed E-state index contributed by atoms with van der Waals surface area (Å²) in [4.78, 5) is 0. The summed E-state index contributed by atoms with van der Waals surface area (Å²) in [7, 11) is 0. The van der Waals surface area contributed by atoms with Gasteiger partial charge in [0.25, 0.3) is 0 Å². The Hall–Kier alpha value is -1.81. The number of hydrogen-bond acceptors (Lipinski definition) is 4. The molecule has 0 amide bonds. The van der Waals surface area contributed by atoms with E-state index in [2.05, 4.69) is 10.5 Å². The number of nitrogens with zero attached hydrogens (tertiary/aromatic N) is 1. The van der Waals surface area contributed by atoms with Crippen LogP contribution in [0.3, 0.4) is 0 Å². The molecule has 0 aliphatic heterocycles. The Morgan fingerprint density at radius 3 is 2.33 bits per heavy atom. The van der Waals surface area contributed by atoms with E-state index >= 15 is 0 Å². The predicted molar refractivity (Wildman–Crippen MR) is 69.4 cm³/mol. The molecule has 0 saturated carbocycles. The Balaban J connectivity index is 1.94. The van der Waals surface area contributed by atoms with E-state index in [4.69, 9.17) is 4.52 Å². The first-order valence-corrected chi connectivity index (χ1v) is 5.98. The first kappa shape index (κ1) is 12.6. The third kappa shape index (κ3) is 2.90. The van der Waals surface area contributed by atoms with Gasteiger partial charge in [0.2, 0.25) is 0 Å². The molecule has 0 unspecified atom stereocenters. The minimum atomic E-state index is 0.379. The minimum Gasteiger partial charge on any atom is -0.507 e. The Bertz CT molecular complexity index is 523. The summed E-state index contributed by atoms with van der Waals surface area (Å²) < 4.78 is 5.12. The fourth-order valence-electron chi connectivity index (χ4n) is 1.98. The number of rotatable bonds is 4. The Morgan fingerprint density at radius 2 is 1.78 bits per heavy atom. The van der Waals surface area contributed by atoms with Crippen molar-refractivity contribution in [1.29, 1.82) is 0 Å². The lowest BCUT2D eigenvalue weighted by atomic mass is 10.1. The molecule has 4 heteroatoms. The summed E-state index contributed by atoms with van der Waals surface area (Å²) in [6, 6.07) is 5.89. The maximum Gasteiger partial charge on any atom is 0.150 e.